The summed E-state index contributed by atoms with van der Waals surface area (Å²) in [6.07, 6.45) is -2.38. The molecule has 2 atom stereocenters. The van der Waals surface area contributed by atoms with Gasteiger partial charge in [0.2, 0.25) is 0 Å². The van der Waals surface area contributed by atoms with Crippen LogP contribution in [0.1, 0.15) is 28.9 Å². The number of anilines is 1. The number of methoxy groups -OCH3 is 1. The molecule has 0 saturated carbocycles. The number of hydrogen-bond acceptors (Lipinski definition) is 7. The highest BCUT2D eigenvalue weighted by molar-refractivity contribution is 8.13. The maximum atomic E-state index is 11.5. The third kappa shape index (κ3) is 4.52. The Morgan fingerprint density at radius 3 is 2.55 bits per heavy atom. The van der Waals surface area contributed by atoms with E-state index < -0.39 is 18.2 Å². The number of thioether (sulfide) groups is 1. The minimum absolute atomic E-state index is 0.0544. The molecule has 0 spiro atoms. The lowest BCUT2D eigenvalue weighted by Gasteiger charge is -2.18. The van der Waals surface area contributed by atoms with Gasteiger partial charge in [-0.15, -0.1) is 0 Å². The van der Waals surface area contributed by atoms with Gasteiger partial charge in [-0.1, -0.05) is 11.8 Å². The predicted octanol–water partition coefficient (Wildman–Crippen LogP) is 0.729. The van der Waals surface area contributed by atoms with Gasteiger partial charge in [0.1, 0.15) is 6.10 Å². The molecule has 20 heavy (non-hydrogen) atoms. The van der Waals surface area contributed by atoms with Crippen LogP contribution in [-0.4, -0.2) is 40.3 Å². The third-order valence-corrected chi connectivity index (χ3v) is 3.48. The van der Waals surface area contributed by atoms with E-state index in [1.54, 1.807) is 0 Å². The maximum Gasteiger partial charge on any atom is 0.337 e. The Labute approximate surface area is 120 Å². The van der Waals surface area contributed by atoms with Crippen LogP contribution in [0.25, 0.3) is 0 Å². The van der Waals surface area contributed by atoms with E-state index >= 15 is 0 Å². The molecule has 1 rings (SSSR count). The number of ether oxygens (including phenoxy) is 1. The van der Waals surface area contributed by atoms with Crippen LogP contribution in [0.4, 0.5) is 5.69 Å². The van der Waals surface area contributed by atoms with E-state index in [1.165, 1.54) is 32.2 Å². The zero-order valence-electron chi connectivity index (χ0n) is 11.2. The van der Waals surface area contributed by atoms with Gasteiger partial charge in [0.25, 0.3) is 0 Å². The SMILES string of the molecule is COC(=O)c1cc(N)cc(C(O)C(O)CSC(C)=O)c1. The number of rotatable bonds is 5. The fourth-order valence-corrected chi connectivity index (χ4v) is 2.19. The molecule has 0 aliphatic rings. The van der Waals surface area contributed by atoms with Crippen molar-refractivity contribution in [3.63, 3.8) is 0 Å². The van der Waals surface area contributed by atoms with Crippen LogP contribution in [0.3, 0.4) is 0 Å². The molecule has 1 aromatic carbocycles. The second-order valence-electron chi connectivity index (χ2n) is 4.19. The number of esters is 1. The fraction of sp³-hybridized carbons (Fsp3) is 0.385. The average Bonchev–Trinajstić information content (AvgIpc) is 2.42. The van der Waals surface area contributed by atoms with Gasteiger partial charge in [-0.2, -0.15) is 0 Å². The van der Waals surface area contributed by atoms with Crippen molar-refractivity contribution in [1.82, 2.24) is 0 Å². The van der Waals surface area contributed by atoms with Gasteiger partial charge in [0.15, 0.2) is 5.12 Å². The van der Waals surface area contributed by atoms with Crippen LogP contribution < -0.4 is 5.73 Å². The van der Waals surface area contributed by atoms with Crippen LogP contribution in [0, 0.1) is 0 Å². The standard InChI is InChI=1S/C13H17NO5S/c1-7(15)20-6-11(16)12(17)8-3-9(13(18)19-2)5-10(14)4-8/h3-5,11-12,16-17H,6,14H2,1-2H3. The quantitative estimate of drug-likeness (QED) is 0.543. The Balaban J connectivity index is 2.91. The molecule has 0 aromatic heterocycles. The molecular weight excluding hydrogens is 282 g/mol. The van der Waals surface area contributed by atoms with Crippen molar-refractivity contribution in [2.75, 3.05) is 18.6 Å². The normalized spacial score (nSPS) is 13.6. The molecule has 0 aliphatic carbocycles. The van der Waals surface area contributed by atoms with Crippen molar-refractivity contribution in [3.8, 4) is 0 Å². The predicted molar refractivity (Wildman–Crippen MR) is 76.3 cm³/mol. The zero-order valence-corrected chi connectivity index (χ0v) is 12.0. The summed E-state index contributed by atoms with van der Waals surface area (Å²) >= 11 is 0.910. The number of carbonyl (C=O) groups excluding carboxylic acids is 2. The second-order valence-corrected chi connectivity index (χ2v) is 5.39. The van der Waals surface area contributed by atoms with Crippen molar-refractivity contribution in [1.29, 1.82) is 0 Å². The number of benzene rings is 1. The molecular formula is C13H17NO5S. The molecule has 0 bridgehead atoms. The summed E-state index contributed by atoms with van der Waals surface area (Å²) < 4.78 is 4.58. The number of aliphatic hydroxyl groups is 2. The van der Waals surface area contributed by atoms with Crippen LogP contribution in [-0.2, 0) is 9.53 Å². The summed E-state index contributed by atoms with van der Waals surface area (Å²) in [6.45, 7) is 1.37. The molecule has 4 N–H and O–H groups in total. The minimum Gasteiger partial charge on any atom is -0.465 e. The van der Waals surface area contributed by atoms with E-state index in [-0.39, 0.29) is 22.1 Å². The minimum atomic E-state index is -1.24. The first kappa shape index (κ1) is 16.5. The molecule has 0 heterocycles. The van der Waals surface area contributed by atoms with Crippen molar-refractivity contribution >= 4 is 28.5 Å². The average molecular weight is 299 g/mol. The van der Waals surface area contributed by atoms with E-state index in [2.05, 4.69) is 4.74 Å². The fourth-order valence-electron chi connectivity index (χ4n) is 1.60. The summed E-state index contributed by atoms with van der Waals surface area (Å²) in [6, 6.07) is 4.27. The van der Waals surface area contributed by atoms with Crippen LogP contribution in [0.5, 0.6) is 0 Å². The van der Waals surface area contributed by atoms with Crippen LogP contribution >= 0.6 is 11.8 Å². The first-order valence-corrected chi connectivity index (χ1v) is 6.82. The van der Waals surface area contributed by atoms with Gasteiger partial charge in [-0.3, -0.25) is 4.79 Å². The van der Waals surface area contributed by atoms with E-state index in [9.17, 15) is 19.8 Å². The molecule has 0 fully saturated rings. The lowest BCUT2D eigenvalue weighted by molar-refractivity contribution is -0.109. The molecule has 6 nitrogen and oxygen atoms in total. The Hall–Kier alpha value is -1.57. The van der Waals surface area contributed by atoms with E-state index in [1.807, 2.05) is 0 Å². The first-order valence-electron chi connectivity index (χ1n) is 5.83. The van der Waals surface area contributed by atoms with E-state index in [0.29, 0.717) is 5.56 Å². The summed E-state index contributed by atoms with van der Waals surface area (Å²) in [7, 11) is 1.24. The zero-order chi connectivity index (χ0) is 15.3. The van der Waals surface area contributed by atoms with Crippen LogP contribution in [0.15, 0.2) is 18.2 Å². The Morgan fingerprint density at radius 2 is 2.00 bits per heavy atom. The van der Waals surface area contributed by atoms with Gasteiger partial charge in [0, 0.05) is 18.4 Å². The summed E-state index contributed by atoms with van der Waals surface area (Å²) in [5, 5.41) is 19.7. The van der Waals surface area contributed by atoms with E-state index in [4.69, 9.17) is 5.73 Å². The summed E-state index contributed by atoms with van der Waals surface area (Å²) in [5.41, 5.74) is 6.41. The van der Waals surface area contributed by atoms with Crippen molar-refractivity contribution in [2.24, 2.45) is 0 Å². The van der Waals surface area contributed by atoms with Crippen LogP contribution in [0.2, 0.25) is 0 Å². The molecule has 0 amide bonds. The number of aliphatic hydroxyl groups excluding tert-OH is 2. The maximum absolute atomic E-state index is 11.5. The van der Waals surface area contributed by atoms with Gasteiger partial charge in [0.05, 0.1) is 18.8 Å². The lowest BCUT2D eigenvalue weighted by Crippen LogP contribution is -2.22. The molecule has 0 aliphatic heterocycles. The second kappa shape index (κ2) is 7.28. The molecule has 0 radical (unpaired) electrons. The molecule has 2 unspecified atom stereocenters. The van der Waals surface area contributed by atoms with Gasteiger partial charge >= 0.3 is 5.97 Å². The van der Waals surface area contributed by atoms with E-state index in [0.717, 1.165) is 11.8 Å². The first-order chi connectivity index (χ1) is 9.35. The van der Waals surface area contributed by atoms with Crippen molar-refractivity contribution in [3.05, 3.63) is 29.3 Å². The Kier molecular flexibility index (Phi) is 6.00. The van der Waals surface area contributed by atoms with Crippen molar-refractivity contribution < 1.29 is 24.5 Å². The number of carbonyl (C=O) groups is 2. The Bertz CT molecular complexity index is 506. The highest BCUT2D eigenvalue weighted by Gasteiger charge is 2.21. The largest absolute Gasteiger partial charge is 0.465 e. The monoisotopic (exact) mass is 299 g/mol. The van der Waals surface area contributed by atoms with Gasteiger partial charge in [-0.05, 0) is 23.8 Å². The third-order valence-electron chi connectivity index (χ3n) is 2.56. The topological polar surface area (TPSA) is 110 Å². The highest BCUT2D eigenvalue weighted by Crippen LogP contribution is 2.24. The number of nitrogen functional groups attached to an aromatic ring is 1. The van der Waals surface area contributed by atoms with Gasteiger partial charge in [-0.25, -0.2) is 4.79 Å². The lowest BCUT2D eigenvalue weighted by atomic mass is 10.0. The summed E-state index contributed by atoms with van der Waals surface area (Å²) in [4.78, 5) is 22.3. The summed E-state index contributed by atoms with van der Waals surface area (Å²) in [5.74, 6) is -0.530. The molecule has 0 saturated heterocycles. The number of nitrogens with two attached hydrogens (primary N) is 1. The molecule has 1 aromatic rings. The van der Waals surface area contributed by atoms with Gasteiger partial charge < -0.3 is 20.7 Å². The number of hydrogen-bond donors (Lipinski definition) is 3. The highest BCUT2D eigenvalue weighted by atomic mass is 32.2. The van der Waals surface area contributed by atoms with Crippen molar-refractivity contribution in [2.45, 2.75) is 19.1 Å². The Morgan fingerprint density at radius 1 is 1.35 bits per heavy atom. The molecule has 110 valence electrons. The smallest absolute Gasteiger partial charge is 0.337 e. The molecule has 7 heteroatoms.